The Labute approximate surface area is 96.0 Å². The molecule has 0 aliphatic heterocycles. The first-order valence-corrected chi connectivity index (χ1v) is 6.52. The van der Waals surface area contributed by atoms with E-state index in [0.717, 1.165) is 11.2 Å². The zero-order valence-corrected chi connectivity index (χ0v) is 10.5. The van der Waals surface area contributed by atoms with E-state index in [1.807, 2.05) is 0 Å². The summed E-state index contributed by atoms with van der Waals surface area (Å²) < 4.78 is 1.24. The summed E-state index contributed by atoms with van der Waals surface area (Å²) in [5.74, 6) is 1.37. The first-order valence-electron chi connectivity index (χ1n) is 4.60. The molecule has 0 bridgehead atoms. The largest absolute Gasteiger partial charge is 0.0880 e. The highest BCUT2D eigenvalue weighted by molar-refractivity contribution is 9.11. The van der Waals surface area contributed by atoms with Crippen LogP contribution < -0.4 is 0 Å². The monoisotopic (exact) mass is 302 g/mol. The van der Waals surface area contributed by atoms with Gasteiger partial charge in [0.1, 0.15) is 0 Å². The van der Waals surface area contributed by atoms with Gasteiger partial charge in [0.2, 0.25) is 0 Å². The topological polar surface area (TPSA) is 0 Å². The Balaban J connectivity index is 2.18. The number of alkyl halides is 1. The van der Waals surface area contributed by atoms with Crippen LogP contribution in [0.3, 0.4) is 0 Å². The Morgan fingerprint density at radius 3 is 3.00 bits per heavy atom. The molecule has 2 unspecified atom stereocenters. The predicted molar refractivity (Wildman–Crippen MR) is 64.2 cm³/mol. The molecule has 2 heteroatoms. The maximum absolute atomic E-state index is 3.53. The summed E-state index contributed by atoms with van der Waals surface area (Å²) >= 11 is 7.05. The van der Waals surface area contributed by atoms with Crippen molar-refractivity contribution in [3.8, 4) is 0 Å². The lowest BCUT2D eigenvalue weighted by Gasteiger charge is -2.28. The zero-order valence-electron chi connectivity index (χ0n) is 7.34. The van der Waals surface area contributed by atoms with Gasteiger partial charge in [-0.3, -0.25) is 0 Å². The maximum Gasteiger partial charge on any atom is 0.0242 e. The molecule has 0 heterocycles. The van der Waals surface area contributed by atoms with Crippen LogP contribution in [0.2, 0.25) is 0 Å². The van der Waals surface area contributed by atoms with Gasteiger partial charge in [-0.2, -0.15) is 0 Å². The Kier molecular flexibility index (Phi) is 3.10. The molecule has 2 aliphatic carbocycles. The second-order valence-electron chi connectivity index (χ2n) is 3.65. The van der Waals surface area contributed by atoms with Crippen LogP contribution in [0.15, 0.2) is 34.4 Å². The molecule has 70 valence electrons. The van der Waals surface area contributed by atoms with Crippen LogP contribution in [-0.2, 0) is 0 Å². The van der Waals surface area contributed by atoms with E-state index in [9.17, 15) is 0 Å². The highest BCUT2D eigenvalue weighted by atomic mass is 79.9. The molecule has 13 heavy (non-hydrogen) atoms. The molecule has 0 spiro atoms. The summed E-state index contributed by atoms with van der Waals surface area (Å²) in [6.07, 6.45) is 11.8. The van der Waals surface area contributed by atoms with Gasteiger partial charge >= 0.3 is 0 Å². The zero-order chi connectivity index (χ0) is 9.26. The molecule has 2 atom stereocenters. The number of halogens is 2. The normalized spacial score (nSPS) is 32.2. The summed E-state index contributed by atoms with van der Waals surface area (Å²) in [6, 6.07) is 0. The Morgan fingerprint density at radius 1 is 1.38 bits per heavy atom. The third kappa shape index (κ3) is 2.16. The van der Waals surface area contributed by atoms with E-state index in [0.29, 0.717) is 5.92 Å². The van der Waals surface area contributed by atoms with Crippen LogP contribution in [0.1, 0.15) is 12.8 Å². The van der Waals surface area contributed by atoms with Crippen molar-refractivity contribution in [3.63, 3.8) is 0 Å². The minimum Gasteiger partial charge on any atom is -0.0880 e. The fourth-order valence-electron chi connectivity index (χ4n) is 1.99. The number of hydrogen-bond acceptors (Lipinski definition) is 0. The predicted octanol–water partition coefficient (Wildman–Crippen LogP) is 4.18. The van der Waals surface area contributed by atoms with E-state index >= 15 is 0 Å². The van der Waals surface area contributed by atoms with Gasteiger partial charge in [-0.15, -0.1) is 0 Å². The van der Waals surface area contributed by atoms with Crippen molar-refractivity contribution >= 4 is 31.9 Å². The minimum absolute atomic E-state index is 0.641. The van der Waals surface area contributed by atoms with E-state index in [4.69, 9.17) is 0 Å². The van der Waals surface area contributed by atoms with E-state index in [1.54, 1.807) is 5.57 Å². The molecular formula is C11H12Br2. The van der Waals surface area contributed by atoms with Crippen molar-refractivity contribution in [2.45, 2.75) is 12.8 Å². The second-order valence-corrected chi connectivity index (χ2v) is 5.13. The van der Waals surface area contributed by atoms with Crippen LogP contribution in [0.25, 0.3) is 0 Å². The molecule has 2 aliphatic rings. The minimum atomic E-state index is 0.641. The molecule has 0 saturated heterocycles. The van der Waals surface area contributed by atoms with Gasteiger partial charge in [0.05, 0.1) is 0 Å². The summed E-state index contributed by atoms with van der Waals surface area (Å²) in [5, 5.41) is 1.04. The molecule has 0 fully saturated rings. The van der Waals surface area contributed by atoms with Crippen molar-refractivity contribution in [2.24, 2.45) is 11.8 Å². The number of hydrogen-bond donors (Lipinski definition) is 0. The average molecular weight is 304 g/mol. The molecule has 0 aromatic rings. The number of fused-ring (bicyclic) bond motifs is 1. The van der Waals surface area contributed by atoms with Gasteiger partial charge in [0.15, 0.2) is 0 Å². The van der Waals surface area contributed by atoms with Crippen LogP contribution in [0.5, 0.6) is 0 Å². The van der Waals surface area contributed by atoms with Gasteiger partial charge in [-0.25, -0.2) is 0 Å². The van der Waals surface area contributed by atoms with Crippen molar-refractivity contribution in [2.75, 3.05) is 5.33 Å². The van der Waals surface area contributed by atoms with Crippen molar-refractivity contribution in [1.29, 1.82) is 0 Å². The summed E-state index contributed by atoms with van der Waals surface area (Å²) in [4.78, 5) is 0. The lowest BCUT2D eigenvalue weighted by Crippen LogP contribution is -2.16. The first-order chi connectivity index (χ1) is 6.29. The van der Waals surface area contributed by atoms with Gasteiger partial charge in [-0.05, 0) is 18.8 Å². The molecule has 2 rings (SSSR count). The van der Waals surface area contributed by atoms with Crippen LogP contribution >= 0.6 is 31.9 Å². The van der Waals surface area contributed by atoms with Gasteiger partial charge < -0.3 is 0 Å². The van der Waals surface area contributed by atoms with Crippen LogP contribution in [-0.4, -0.2) is 5.33 Å². The van der Waals surface area contributed by atoms with Crippen molar-refractivity contribution < 1.29 is 0 Å². The van der Waals surface area contributed by atoms with Crippen LogP contribution in [0.4, 0.5) is 0 Å². The van der Waals surface area contributed by atoms with Crippen molar-refractivity contribution in [3.05, 3.63) is 34.4 Å². The third-order valence-electron chi connectivity index (χ3n) is 2.74. The van der Waals surface area contributed by atoms with Gasteiger partial charge in [0, 0.05) is 15.7 Å². The fourth-order valence-corrected chi connectivity index (χ4v) is 2.95. The Morgan fingerprint density at radius 2 is 2.23 bits per heavy atom. The fraction of sp³-hybridized carbons (Fsp3) is 0.455. The standard InChI is InChI=1S/C11H12Br2/c12-7-8-1-2-10-6-11(13)4-3-9(10)5-8/h3-6,9-10H,1-2,7H2. The number of allylic oxidation sites excluding steroid dienone is 6. The Bertz CT molecular complexity index is 286. The van der Waals surface area contributed by atoms with Crippen molar-refractivity contribution in [1.82, 2.24) is 0 Å². The molecule has 0 aromatic carbocycles. The molecule has 0 radical (unpaired) electrons. The molecule has 0 amide bonds. The maximum atomic E-state index is 3.53. The SMILES string of the molecule is BrCC1=CC2C=CC(Br)=CC2CC1. The van der Waals surface area contributed by atoms with E-state index < -0.39 is 0 Å². The van der Waals surface area contributed by atoms with E-state index in [2.05, 4.69) is 56.2 Å². The smallest absolute Gasteiger partial charge is 0.0242 e. The Hall–Kier alpha value is 0.180. The summed E-state index contributed by atoms with van der Waals surface area (Å²) in [5.41, 5.74) is 1.55. The lowest BCUT2D eigenvalue weighted by atomic mass is 9.79. The quantitative estimate of drug-likeness (QED) is 0.503. The van der Waals surface area contributed by atoms with Crippen LogP contribution in [0, 0.1) is 11.8 Å². The average Bonchev–Trinajstić information content (AvgIpc) is 2.17. The van der Waals surface area contributed by atoms with E-state index in [-0.39, 0.29) is 0 Å². The molecule has 0 aromatic heterocycles. The third-order valence-corrected chi connectivity index (χ3v) is 3.99. The van der Waals surface area contributed by atoms with E-state index in [1.165, 1.54) is 17.3 Å². The molecule has 0 saturated carbocycles. The first kappa shape index (κ1) is 9.72. The number of rotatable bonds is 1. The summed E-state index contributed by atoms with van der Waals surface area (Å²) in [6.45, 7) is 0. The second kappa shape index (κ2) is 4.14. The molecule has 0 nitrogen and oxygen atoms in total. The molecular weight excluding hydrogens is 292 g/mol. The van der Waals surface area contributed by atoms with Gasteiger partial charge in [-0.1, -0.05) is 61.7 Å². The lowest BCUT2D eigenvalue weighted by molar-refractivity contribution is 0.480. The highest BCUT2D eigenvalue weighted by Crippen LogP contribution is 2.35. The highest BCUT2D eigenvalue weighted by Gasteiger charge is 2.22. The molecule has 0 N–H and O–H groups in total. The van der Waals surface area contributed by atoms with Gasteiger partial charge in [0.25, 0.3) is 0 Å². The summed E-state index contributed by atoms with van der Waals surface area (Å²) in [7, 11) is 0.